The van der Waals surface area contributed by atoms with Gasteiger partial charge in [-0.3, -0.25) is 9.58 Å². The number of hydrogen-bond donors (Lipinski definition) is 0. The molecule has 2 fully saturated rings. The molecule has 0 amide bonds. The van der Waals surface area contributed by atoms with Crippen molar-refractivity contribution >= 4 is 5.82 Å². The molecule has 0 atom stereocenters. The highest BCUT2D eigenvalue weighted by Gasteiger charge is 2.36. The van der Waals surface area contributed by atoms with Crippen LogP contribution in [0.2, 0.25) is 0 Å². The number of rotatable bonds is 6. The smallest absolute Gasteiger partial charge is 0.218 e. The molecule has 0 N–H and O–H groups in total. The Labute approximate surface area is 160 Å². The zero-order chi connectivity index (χ0) is 18.2. The number of hydrogen-bond acceptors (Lipinski definition) is 6. The molecule has 27 heavy (non-hydrogen) atoms. The molecular formula is C20H28N6O. The quantitative estimate of drug-likeness (QED) is 0.780. The molecule has 7 nitrogen and oxygen atoms in total. The number of piperidine rings is 1. The summed E-state index contributed by atoms with van der Waals surface area (Å²) in [6, 6.07) is 5.48. The van der Waals surface area contributed by atoms with Crippen LogP contribution in [0.5, 0.6) is 5.88 Å². The highest BCUT2D eigenvalue weighted by atomic mass is 16.5. The summed E-state index contributed by atoms with van der Waals surface area (Å²) in [5.41, 5.74) is 2.65. The SMILES string of the molecule is COc1cc(N(C2CC2)C2CCN(Cc3cc4n(n3)CCC4)CC2)ncn1. The minimum Gasteiger partial charge on any atom is -0.481 e. The maximum atomic E-state index is 5.31. The first-order chi connectivity index (χ1) is 13.3. The molecule has 7 heteroatoms. The number of aromatic nitrogens is 4. The first-order valence-electron chi connectivity index (χ1n) is 10.2. The molecule has 0 bridgehead atoms. The van der Waals surface area contributed by atoms with E-state index >= 15 is 0 Å². The standard InChI is InChI=1S/C20H28N6O/c1-27-20-12-19(21-14-22-20)26(16-4-5-16)17-6-9-24(10-7-17)13-15-11-18-3-2-8-25(18)23-15/h11-12,14,16-17H,2-10,13H2,1H3. The van der Waals surface area contributed by atoms with Gasteiger partial charge in [0.15, 0.2) is 0 Å². The molecule has 5 rings (SSSR count). The molecule has 4 heterocycles. The molecule has 3 aliphatic rings. The van der Waals surface area contributed by atoms with E-state index in [1.807, 2.05) is 6.07 Å². The first-order valence-corrected chi connectivity index (χ1v) is 10.2. The van der Waals surface area contributed by atoms with E-state index in [0.717, 1.165) is 32.0 Å². The maximum absolute atomic E-state index is 5.31. The molecule has 2 aliphatic heterocycles. The molecule has 1 aliphatic carbocycles. The predicted octanol–water partition coefficient (Wildman–Crippen LogP) is 2.26. The normalized spacial score (nSPS) is 20.6. The topological polar surface area (TPSA) is 59.3 Å². The van der Waals surface area contributed by atoms with Crippen molar-refractivity contribution in [3.63, 3.8) is 0 Å². The van der Waals surface area contributed by atoms with E-state index in [9.17, 15) is 0 Å². The largest absolute Gasteiger partial charge is 0.481 e. The Morgan fingerprint density at radius 3 is 2.63 bits per heavy atom. The molecule has 0 aromatic carbocycles. The van der Waals surface area contributed by atoms with Gasteiger partial charge >= 0.3 is 0 Å². The Hall–Kier alpha value is -2.15. The van der Waals surface area contributed by atoms with Crippen LogP contribution in [-0.2, 0) is 19.5 Å². The average molecular weight is 368 g/mol. The average Bonchev–Trinajstić information content (AvgIpc) is 3.31. The molecule has 2 aromatic rings. The van der Waals surface area contributed by atoms with Crippen molar-refractivity contribution in [3.05, 3.63) is 29.8 Å². The Balaban J connectivity index is 1.23. The van der Waals surface area contributed by atoms with Crippen LogP contribution >= 0.6 is 0 Å². The second kappa shape index (κ2) is 7.11. The Morgan fingerprint density at radius 2 is 1.89 bits per heavy atom. The Bertz CT molecular complexity index is 772. The second-order valence-corrected chi connectivity index (χ2v) is 8.02. The lowest BCUT2D eigenvalue weighted by molar-refractivity contribution is 0.198. The summed E-state index contributed by atoms with van der Waals surface area (Å²) in [5, 5.41) is 4.78. The van der Waals surface area contributed by atoms with E-state index in [1.165, 1.54) is 49.9 Å². The number of anilines is 1. The molecule has 2 aromatic heterocycles. The number of aryl methyl sites for hydroxylation is 2. The van der Waals surface area contributed by atoms with E-state index in [2.05, 4.69) is 30.5 Å². The van der Waals surface area contributed by atoms with Gasteiger partial charge in [-0.15, -0.1) is 0 Å². The van der Waals surface area contributed by atoms with Crippen molar-refractivity contribution in [3.8, 4) is 5.88 Å². The van der Waals surface area contributed by atoms with Crippen molar-refractivity contribution in [2.24, 2.45) is 0 Å². The summed E-state index contributed by atoms with van der Waals surface area (Å²) in [4.78, 5) is 13.8. The van der Waals surface area contributed by atoms with Crippen LogP contribution in [0.4, 0.5) is 5.82 Å². The highest BCUT2D eigenvalue weighted by Crippen LogP contribution is 2.36. The van der Waals surface area contributed by atoms with Crippen LogP contribution < -0.4 is 9.64 Å². The van der Waals surface area contributed by atoms with Gasteiger partial charge in [0.1, 0.15) is 12.1 Å². The first kappa shape index (κ1) is 17.0. The second-order valence-electron chi connectivity index (χ2n) is 8.02. The number of ether oxygens (including phenoxy) is 1. The van der Waals surface area contributed by atoms with E-state index in [0.29, 0.717) is 18.0 Å². The minimum absolute atomic E-state index is 0.556. The van der Waals surface area contributed by atoms with Crippen LogP contribution in [-0.4, -0.2) is 56.9 Å². The predicted molar refractivity (Wildman–Crippen MR) is 103 cm³/mol. The molecule has 144 valence electrons. The van der Waals surface area contributed by atoms with Gasteiger partial charge in [-0.25, -0.2) is 9.97 Å². The lowest BCUT2D eigenvalue weighted by Gasteiger charge is -2.39. The molecule has 0 unspecified atom stereocenters. The summed E-state index contributed by atoms with van der Waals surface area (Å²) in [6.07, 6.45) is 8.95. The van der Waals surface area contributed by atoms with E-state index < -0.39 is 0 Å². The van der Waals surface area contributed by atoms with E-state index in [4.69, 9.17) is 9.84 Å². The van der Waals surface area contributed by atoms with Crippen LogP contribution in [0.3, 0.4) is 0 Å². The fourth-order valence-corrected chi connectivity index (χ4v) is 4.59. The van der Waals surface area contributed by atoms with Crippen LogP contribution in [0, 0.1) is 0 Å². The number of likely N-dealkylation sites (tertiary alicyclic amines) is 1. The van der Waals surface area contributed by atoms with Gasteiger partial charge < -0.3 is 9.64 Å². The van der Waals surface area contributed by atoms with Crippen LogP contribution in [0.15, 0.2) is 18.5 Å². The van der Waals surface area contributed by atoms with Crippen molar-refractivity contribution in [2.75, 3.05) is 25.1 Å². The van der Waals surface area contributed by atoms with Crippen molar-refractivity contribution in [1.29, 1.82) is 0 Å². The molecule has 1 saturated carbocycles. The van der Waals surface area contributed by atoms with Crippen molar-refractivity contribution in [2.45, 2.75) is 63.7 Å². The van der Waals surface area contributed by atoms with Gasteiger partial charge in [-0.2, -0.15) is 5.10 Å². The zero-order valence-corrected chi connectivity index (χ0v) is 16.0. The third kappa shape index (κ3) is 3.52. The summed E-state index contributed by atoms with van der Waals surface area (Å²) in [5.74, 6) is 1.67. The number of methoxy groups -OCH3 is 1. The van der Waals surface area contributed by atoms with Gasteiger partial charge in [-0.05, 0) is 44.6 Å². The fourth-order valence-electron chi connectivity index (χ4n) is 4.59. The zero-order valence-electron chi connectivity index (χ0n) is 16.0. The van der Waals surface area contributed by atoms with Crippen LogP contribution in [0.25, 0.3) is 0 Å². The number of fused-ring (bicyclic) bond motifs is 1. The highest BCUT2D eigenvalue weighted by molar-refractivity contribution is 5.45. The maximum Gasteiger partial charge on any atom is 0.218 e. The summed E-state index contributed by atoms with van der Waals surface area (Å²) in [7, 11) is 1.66. The van der Waals surface area contributed by atoms with E-state index in [-0.39, 0.29) is 0 Å². The lowest BCUT2D eigenvalue weighted by atomic mass is 10.0. The third-order valence-electron chi connectivity index (χ3n) is 6.09. The van der Waals surface area contributed by atoms with Gasteiger partial charge in [-0.1, -0.05) is 0 Å². The van der Waals surface area contributed by atoms with Crippen molar-refractivity contribution < 1.29 is 4.74 Å². The minimum atomic E-state index is 0.556. The van der Waals surface area contributed by atoms with Gasteiger partial charge in [0.2, 0.25) is 5.88 Å². The summed E-state index contributed by atoms with van der Waals surface area (Å²) in [6.45, 7) is 4.32. The number of nitrogens with zero attached hydrogens (tertiary/aromatic N) is 6. The summed E-state index contributed by atoms with van der Waals surface area (Å²) < 4.78 is 7.50. The third-order valence-corrected chi connectivity index (χ3v) is 6.09. The van der Waals surface area contributed by atoms with Gasteiger partial charge in [0.05, 0.1) is 12.8 Å². The van der Waals surface area contributed by atoms with Gasteiger partial charge in [0.25, 0.3) is 0 Å². The Kier molecular flexibility index (Phi) is 4.47. The molecule has 0 radical (unpaired) electrons. The Morgan fingerprint density at radius 1 is 1.07 bits per heavy atom. The monoisotopic (exact) mass is 368 g/mol. The molecular weight excluding hydrogens is 340 g/mol. The fraction of sp³-hybridized carbons (Fsp3) is 0.650. The van der Waals surface area contributed by atoms with Crippen molar-refractivity contribution in [1.82, 2.24) is 24.6 Å². The molecule has 0 spiro atoms. The van der Waals surface area contributed by atoms with E-state index in [1.54, 1.807) is 13.4 Å². The lowest BCUT2D eigenvalue weighted by Crippen LogP contribution is -2.46. The summed E-state index contributed by atoms with van der Waals surface area (Å²) >= 11 is 0. The van der Waals surface area contributed by atoms with Crippen LogP contribution in [0.1, 0.15) is 43.5 Å². The molecule has 1 saturated heterocycles. The van der Waals surface area contributed by atoms with Gasteiger partial charge in [0, 0.05) is 50.0 Å².